The van der Waals surface area contributed by atoms with Gasteiger partial charge in [0, 0.05) is 6.54 Å². The Morgan fingerprint density at radius 3 is 2.50 bits per heavy atom. The summed E-state index contributed by atoms with van der Waals surface area (Å²) < 4.78 is 12.0. The SMILES string of the molecule is CCOc1cc(CNC)ccc1OC1CCCCCC1. The normalized spacial score (nSPS) is 16.7. The number of hydrogen-bond acceptors (Lipinski definition) is 3. The molecule has 0 bridgehead atoms. The smallest absolute Gasteiger partial charge is 0.161 e. The Hall–Kier alpha value is -1.22. The van der Waals surface area contributed by atoms with Crippen LogP contribution in [0.1, 0.15) is 51.0 Å². The van der Waals surface area contributed by atoms with Crippen molar-refractivity contribution in [1.82, 2.24) is 5.32 Å². The van der Waals surface area contributed by atoms with Crippen molar-refractivity contribution >= 4 is 0 Å². The van der Waals surface area contributed by atoms with Crippen LogP contribution in [0, 0.1) is 0 Å². The molecule has 1 aromatic rings. The molecule has 0 aliphatic heterocycles. The van der Waals surface area contributed by atoms with E-state index >= 15 is 0 Å². The molecule has 1 aromatic carbocycles. The van der Waals surface area contributed by atoms with Gasteiger partial charge >= 0.3 is 0 Å². The summed E-state index contributed by atoms with van der Waals surface area (Å²) in [5.41, 5.74) is 1.23. The highest BCUT2D eigenvalue weighted by Crippen LogP contribution is 2.32. The van der Waals surface area contributed by atoms with E-state index in [-0.39, 0.29) is 0 Å². The van der Waals surface area contributed by atoms with E-state index in [1.165, 1.54) is 44.1 Å². The third kappa shape index (κ3) is 4.41. The van der Waals surface area contributed by atoms with Crippen LogP contribution >= 0.6 is 0 Å². The van der Waals surface area contributed by atoms with Crippen LogP contribution in [0.4, 0.5) is 0 Å². The van der Waals surface area contributed by atoms with E-state index in [1.807, 2.05) is 14.0 Å². The largest absolute Gasteiger partial charge is 0.490 e. The van der Waals surface area contributed by atoms with Crippen LogP contribution in [0.5, 0.6) is 11.5 Å². The van der Waals surface area contributed by atoms with Crippen molar-refractivity contribution in [2.75, 3.05) is 13.7 Å². The summed E-state index contributed by atoms with van der Waals surface area (Å²) in [7, 11) is 1.95. The maximum atomic E-state index is 6.21. The minimum absolute atomic E-state index is 0.354. The molecule has 0 amide bonds. The average molecular weight is 277 g/mol. The lowest BCUT2D eigenvalue weighted by atomic mass is 10.1. The van der Waals surface area contributed by atoms with Crippen molar-refractivity contribution in [3.63, 3.8) is 0 Å². The molecule has 0 unspecified atom stereocenters. The summed E-state index contributed by atoms with van der Waals surface area (Å²) in [6.45, 7) is 3.54. The first-order valence-corrected chi connectivity index (χ1v) is 7.90. The van der Waals surface area contributed by atoms with Gasteiger partial charge in [0.2, 0.25) is 0 Å². The van der Waals surface area contributed by atoms with Crippen molar-refractivity contribution in [3.05, 3.63) is 23.8 Å². The fraction of sp³-hybridized carbons (Fsp3) is 0.647. The second-order valence-corrected chi connectivity index (χ2v) is 5.48. The van der Waals surface area contributed by atoms with Gasteiger partial charge in [-0.15, -0.1) is 0 Å². The molecule has 0 heterocycles. The molecule has 0 spiro atoms. The summed E-state index contributed by atoms with van der Waals surface area (Å²) in [6, 6.07) is 6.26. The Bertz CT molecular complexity index is 398. The van der Waals surface area contributed by atoms with E-state index in [9.17, 15) is 0 Å². The van der Waals surface area contributed by atoms with Crippen molar-refractivity contribution < 1.29 is 9.47 Å². The van der Waals surface area contributed by atoms with Crippen LogP contribution in [0.25, 0.3) is 0 Å². The van der Waals surface area contributed by atoms with Crippen LogP contribution in [-0.2, 0) is 6.54 Å². The maximum Gasteiger partial charge on any atom is 0.161 e. The first-order valence-electron chi connectivity index (χ1n) is 7.90. The highest BCUT2D eigenvalue weighted by atomic mass is 16.5. The summed E-state index contributed by atoms with van der Waals surface area (Å²) >= 11 is 0. The van der Waals surface area contributed by atoms with Gasteiger partial charge in [0.15, 0.2) is 11.5 Å². The van der Waals surface area contributed by atoms with E-state index in [4.69, 9.17) is 9.47 Å². The minimum atomic E-state index is 0.354. The zero-order valence-corrected chi connectivity index (χ0v) is 12.8. The van der Waals surface area contributed by atoms with Crippen molar-refractivity contribution in [2.45, 2.75) is 58.1 Å². The lowest BCUT2D eigenvalue weighted by molar-refractivity contribution is 0.173. The number of hydrogen-bond donors (Lipinski definition) is 1. The van der Waals surface area contributed by atoms with Crippen LogP contribution in [-0.4, -0.2) is 19.8 Å². The van der Waals surface area contributed by atoms with E-state index in [1.54, 1.807) is 0 Å². The zero-order chi connectivity index (χ0) is 14.2. The Balaban J connectivity index is 2.08. The quantitative estimate of drug-likeness (QED) is 0.800. The van der Waals surface area contributed by atoms with Gasteiger partial charge in [0.25, 0.3) is 0 Å². The summed E-state index contributed by atoms with van der Waals surface area (Å²) in [5.74, 6) is 1.78. The third-order valence-corrected chi connectivity index (χ3v) is 3.78. The molecule has 0 saturated heterocycles. The molecular weight excluding hydrogens is 250 g/mol. The van der Waals surface area contributed by atoms with Gasteiger partial charge in [0.05, 0.1) is 12.7 Å². The van der Waals surface area contributed by atoms with Gasteiger partial charge in [-0.05, 0) is 57.4 Å². The molecule has 3 heteroatoms. The van der Waals surface area contributed by atoms with Gasteiger partial charge < -0.3 is 14.8 Å². The predicted molar refractivity (Wildman–Crippen MR) is 82.5 cm³/mol. The molecule has 1 N–H and O–H groups in total. The number of ether oxygens (including phenoxy) is 2. The average Bonchev–Trinajstić information content (AvgIpc) is 2.71. The lowest BCUT2D eigenvalue weighted by Crippen LogP contribution is -2.16. The zero-order valence-electron chi connectivity index (χ0n) is 12.8. The molecular formula is C17H27NO2. The molecule has 0 atom stereocenters. The molecule has 2 rings (SSSR count). The molecule has 0 radical (unpaired) electrons. The molecule has 1 fully saturated rings. The summed E-state index contributed by atoms with van der Waals surface area (Å²) in [6.07, 6.45) is 7.96. The van der Waals surface area contributed by atoms with Crippen LogP contribution in [0.2, 0.25) is 0 Å². The van der Waals surface area contributed by atoms with Gasteiger partial charge in [-0.2, -0.15) is 0 Å². The Morgan fingerprint density at radius 1 is 1.10 bits per heavy atom. The van der Waals surface area contributed by atoms with Crippen molar-refractivity contribution in [2.24, 2.45) is 0 Å². The van der Waals surface area contributed by atoms with E-state index in [0.717, 1.165) is 18.0 Å². The highest BCUT2D eigenvalue weighted by Gasteiger charge is 2.16. The molecule has 20 heavy (non-hydrogen) atoms. The first-order chi connectivity index (χ1) is 9.83. The topological polar surface area (TPSA) is 30.5 Å². The van der Waals surface area contributed by atoms with Crippen molar-refractivity contribution in [1.29, 1.82) is 0 Å². The van der Waals surface area contributed by atoms with E-state index < -0.39 is 0 Å². The highest BCUT2D eigenvalue weighted by molar-refractivity contribution is 5.43. The molecule has 3 nitrogen and oxygen atoms in total. The summed E-state index contributed by atoms with van der Waals surface area (Å²) in [4.78, 5) is 0. The standard InChI is InChI=1S/C17H27NO2/c1-3-19-17-12-14(13-18-2)10-11-16(17)20-15-8-6-4-5-7-9-15/h10-12,15,18H,3-9,13H2,1-2H3. The Kier molecular flexibility index (Phi) is 6.19. The fourth-order valence-corrected chi connectivity index (χ4v) is 2.77. The van der Waals surface area contributed by atoms with Crippen molar-refractivity contribution in [3.8, 4) is 11.5 Å². The second-order valence-electron chi connectivity index (χ2n) is 5.48. The van der Waals surface area contributed by atoms with Gasteiger partial charge in [0.1, 0.15) is 0 Å². The van der Waals surface area contributed by atoms with Gasteiger partial charge in [-0.1, -0.05) is 18.9 Å². The summed E-state index contributed by atoms with van der Waals surface area (Å²) in [5, 5.41) is 3.17. The first kappa shape index (κ1) is 15.2. The Labute approximate surface area is 122 Å². The monoisotopic (exact) mass is 277 g/mol. The van der Waals surface area contributed by atoms with Gasteiger partial charge in [-0.3, -0.25) is 0 Å². The third-order valence-electron chi connectivity index (χ3n) is 3.78. The van der Waals surface area contributed by atoms with Gasteiger partial charge in [-0.25, -0.2) is 0 Å². The Morgan fingerprint density at radius 2 is 1.85 bits per heavy atom. The number of rotatable bonds is 6. The molecule has 1 saturated carbocycles. The number of benzene rings is 1. The molecule has 0 aromatic heterocycles. The van der Waals surface area contributed by atoms with Crippen LogP contribution < -0.4 is 14.8 Å². The predicted octanol–water partition coefficient (Wildman–Crippen LogP) is 3.91. The van der Waals surface area contributed by atoms with Crippen LogP contribution in [0.3, 0.4) is 0 Å². The second kappa shape index (κ2) is 8.15. The molecule has 112 valence electrons. The molecule has 1 aliphatic rings. The maximum absolute atomic E-state index is 6.21. The fourth-order valence-electron chi connectivity index (χ4n) is 2.77. The minimum Gasteiger partial charge on any atom is -0.490 e. The lowest BCUT2D eigenvalue weighted by Gasteiger charge is -2.20. The number of nitrogens with one attached hydrogen (secondary N) is 1. The van der Waals surface area contributed by atoms with E-state index in [0.29, 0.717) is 12.7 Å². The van der Waals surface area contributed by atoms with E-state index in [2.05, 4.69) is 23.5 Å². The van der Waals surface area contributed by atoms with Crippen LogP contribution in [0.15, 0.2) is 18.2 Å². The molecule has 1 aliphatic carbocycles.